The monoisotopic (exact) mass is 310 g/mol. The van der Waals surface area contributed by atoms with Crippen LogP contribution in [0, 0.1) is 6.92 Å². The Kier molecular flexibility index (Phi) is 4.42. The molecule has 6 heteroatoms. The number of pyridine rings is 1. The van der Waals surface area contributed by atoms with E-state index in [0.717, 1.165) is 11.1 Å². The molecule has 0 unspecified atom stereocenters. The number of hydrogen-bond donors (Lipinski definition) is 0. The third kappa shape index (κ3) is 3.17. The lowest BCUT2D eigenvalue weighted by molar-refractivity contribution is 0.466. The van der Waals surface area contributed by atoms with Gasteiger partial charge in [-0.25, -0.2) is 8.42 Å². The number of halogens is 1. The quantitative estimate of drug-likeness (QED) is 0.872. The van der Waals surface area contributed by atoms with Crippen molar-refractivity contribution >= 4 is 21.6 Å². The van der Waals surface area contributed by atoms with Crippen LogP contribution in [-0.4, -0.2) is 24.8 Å². The van der Waals surface area contributed by atoms with E-state index in [1.807, 2.05) is 13.0 Å². The van der Waals surface area contributed by atoms with Gasteiger partial charge < -0.3 is 0 Å². The molecule has 0 amide bonds. The first-order chi connectivity index (χ1) is 9.41. The summed E-state index contributed by atoms with van der Waals surface area (Å²) in [7, 11) is -2.02. The molecule has 1 aromatic carbocycles. The van der Waals surface area contributed by atoms with Crippen molar-refractivity contribution in [2.45, 2.75) is 18.4 Å². The molecule has 0 saturated carbocycles. The number of aryl methyl sites for hydroxylation is 1. The first kappa shape index (κ1) is 15.0. The van der Waals surface area contributed by atoms with Crippen LogP contribution in [0.5, 0.6) is 0 Å². The molecule has 0 N–H and O–H groups in total. The van der Waals surface area contributed by atoms with Crippen LogP contribution in [0.3, 0.4) is 0 Å². The van der Waals surface area contributed by atoms with E-state index in [0.29, 0.717) is 5.02 Å². The van der Waals surface area contributed by atoms with Crippen LogP contribution in [-0.2, 0) is 16.6 Å². The normalized spacial score (nSPS) is 11.8. The smallest absolute Gasteiger partial charge is 0.243 e. The number of rotatable bonds is 4. The van der Waals surface area contributed by atoms with Gasteiger partial charge in [-0.05, 0) is 36.2 Å². The Labute approximate surface area is 124 Å². The van der Waals surface area contributed by atoms with Gasteiger partial charge in [0.25, 0.3) is 0 Å². The molecule has 0 spiro atoms. The zero-order valence-electron chi connectivity index (χ0n) is 11.2. The Morgan fingerprint density at radius 3 is 2.65 bits per heavy atom. The maximum Gasteiger partial charge on any atom is 0.243 e. The first-order valence-corrected chi connectivity index (χ1v) is 7.84. The van der Waals surface area contributed by atoms with Crippen molar-refractivity contribution in [2.24, 2.45) is 0 Å². The molecule has 0 saturated heterocycles. The van der Waals surface area contributed by atoms with Gasteiger partial charge in [0.2, 0.25) is 10.0 Å². The minimum atomic E-state index is -3.56. The van der Waals surface area contributed by atoms with Gasteiger partial charge in [0.15, 0.2) is 0 Å². The summed E-state index contributed by atoms with van der Waals surface area (Å²) in [6.07, 6.45) is 3.30. The summed E-state index contributed by atoms with van der Waals surface area (Å²) in [5.41, 5.74) is 1.68. The highest BCUT2D eigenvalue weighted by atomic mass is 35.5. The molecule has 0 bridgehead atoms. The fourth-order valence-corrected chi connectivity index (χ4v) is 3.18. The molecule has 1 heterocycles. The molecular formula is C14H15ClN2O2S. The van der Waals surface area contributed by atoms with E-state index in [9.17, 15) is 8.42 Å². The summed E-state index contributed by atoms with van der Waals surface area (Å²) < 4.78 is 26.2. The van der Waals surface area contributed by atoms with Crippen LogP contribution >= 0.6 is 11.6 Å². The third-order valence-corrected chi connectivity index (χ3v) is 5.19. The van der Waals surface area contributed by atoms with Crippen LogP contribution in [0.1, 0.15) is 11.1 Å². The molecule has 2 aromatic rings. The molecule has 0 aliphatic rings. The van der Waals surface area contributed by atoms with Crippen molar-refractivity contribution in [1.82, 2.24) is 9.29 Å². The Balaban J connectivity index is 2.27. The molecule has 1 aromatic heterocycles. The third-order valence-electron chi connectivity index (χ3n) is 2.98. The minimum absolute atomic E-state index is 0.194. The van der Waals surface area contributed by atoms with Gasteiger partial charge in [-0.3, -0.25) is 4.98 Å². The molecule has 0 aliphatic heterocycles. The SMILES string of the molecule is Cc1ccc(S(=O)(=O)N(C)Cc2cccnc2)cc1Cl. The van der Waals surface area contributed by atoms with E-state index in [-0.39, 0.29) is 11.4 Å². The summed E-state index contributed by atoms with van der Waals surface area (Å²) in [5.74, 6) is 0. The highest BCUT2D eigenvalue weighted by molar-refractivity contribution is 7.89. The second-order valence-electron chi connectivity index (χ2n) is 4.53. The molecular weight excluding hydrogens is 296 g/mol. The Bertz CT molecular complexity index is 702. The van der Waals surface area contributed by atoms with Gasteiger partial charge in [-0.2, -0.15) is 4.31 Å². The lowest BCUT2D eigenvalue weighted by atomic mass is 10.2. The second-order valence-corrected chi connectivity index (χ2v) is 6.99. The summed E-state index contributed by atoms with van der Waals surface area (Å²) in [4.78, 5) is 4.17. The maximum absolute atomic E-state index is 12.4. The molecule has 20 heavy (non-hydrogen) atoms. The van der Waals surface area contributed by atoms with E-state index in [1.165, 1.54) is 17.4 Å². The number of sulfonamides is 1. The van der Waals surface area contributed by atoms with E-state index in [2.05, 4.69) is 4.98 Å². The van der Waals surface area contributed by atoms with Gasteiger partial charge in [0, 0.05) is 31.0 Å². The molecule has 106 valence electrons. The Hall–Kier alpha value is -1.43. The van der Waals surface area contributed by atoms with Gasteiger partial charge in [-0.15, -0.1) is 0 Å². The minimum Gasteiger partial charge on any atom is -0.264 e. The standard InChI is InChI=1S/C14H15ClN2O2S/c1-11-5-6-13(8-14(11)15)20(18,19)17(2)10-12-4-3-7-16-9-12/h3-9H,10H2,1-2H3. The van der Waals surface area contributed by atoms with Gasteiger partial charge in [-0.1, -0.05) is 23.7 Å². The number of hydrogen-bond acceptors (Lipinski definition) is 3. The average Bonchev–Trinajstić information content (AvgIpc) is 2.42. The molecule has 4 nitrogen and oxygen atoms in total. The zero-order chi connectivity index (χ0) is 14.8. The number of nitrogens with zero attached hydrogens (tertiary/aromatic N) is 2. The summed E-state index contributed by atoms with van der Waals surface area (Å²) in [5, 5.41) is 0.445. The summed E-state index contributed by atoms with van der Waals surface area (Å²) in [6.45, 7) is 2.10. The summed E-state index contributed by atoms with van der Waals surface area (Å²) in [6, 6.07) is 8.36. The fraction of sp³-hybridized carbons (Fsp3) is 0.214. The predicted molar refractivity (Wildman–Crippen MR) is 79.1 cm³/mol. The maximum atomic E-state index is 12.4. The van der Waals surface area contributed by atoms with Crippen molar-refractivity contribution in [3.05, 3.63) is 58.9 Å². The predicted octanol–water partition coefficient (Wildman–Crippen LogP) is 2.86. The molecule has 0 radical (unpaired) electrons. The van der Waals surface area contributed by atoms with E-state index < -0.39 is 10.0 Å². The topological polar surface area (TPSA) is 50.3 Å². The van der Waals surface area contributed by atoms with Crippen LogP contribution < -0.4 is 0 Å². The zero-order valence-corrected chi connectivity index (χ0v) is 12.8. The van der Waals surface area contributed by atoms with Crippen molar-refractivity contribution < 1.29 is 8.42 Å². The van der Waals surface area contributed by atoms with Crippen molar-refractivity contribution in [3.8, 4) is 0 Å². The lowest BCUT2D eigenvalue weighted by Crippen LogP contribution is -2.26. The van der Waals surface area contributed by atoms with Crippen molar-refractivity contribution in [3.63, 3.8) is 0 Å². The summed E-state index contributed by atoms with van der Waals surface area (Å²) >= 11 is 5.99. The van der Waals surface area contributed by atoms with E-state index in [4.69, 9.17) is 11.6 Å². The van der Waals surface area contributed by atoms with Gasteiger partial charge in [0.1, 0.15) is 0 Å². The van der Waals surface area contributed by atoms with Crippen molar-refractivity contribution in [2.75, 3.05) is 7.05 Å². The van der Waals surface area contributed by atoms with Crippen LogP contribution in [0.4, 0.5) is 0 Å². The van der Waals surface area contributed by atoms with Crippen LogP contribution in [0.15, 0.2) is 47.6 Å². The molecule has 0 atom stereocenters. The second kappa shape index (κ2) is 5.91. The first-order valence-electron chi connectivity index (χ1n) is 6.02. The Morgan fingerprint density at radius 2 is 2.05 bits per heavy atom. The number of aromatic nitrogens is 1. The van der Waals surface area contributed by atoms with E-state index in [1.54, 1.807) is 30.6 Å². The molecule has 2 rings (SSSR count). The van der Waals surface area contributed by atoms with Crippen molar-refractivity contribution in [1.29, 1.82) is 0 Å². The molecule has 0 fully saturated rings. The van der Waals surface area contributed by atoms with Crippen LogP contribution in [0.25, 0.3) is 0 Å². The lowest BCUT2D eigenvalue weighted by Gasteiger charge is -2.17. The van der Waals surface area contributed by atoms with E-state index >= 15 is 0 Å². The fourth-order valence-electron chi connectivity index (χ4n) is 1.75. The number of benzene rings is 1. The average molecular weight is 311 g/mol. The highest BCUT2D eigenvalue weighted by Gasteiger charge is 2.21. The van der Waals surface area contributed by atoms with Crippen LogP contribution in [0.2, 0.25) is 5.02 Å². The largest absolute Gasteiger partial charge is 0.264 e. The van der Waals surface area contributed by atoms with Gasteiger partial charge >= 0.3 is 0 Å². The molecule has 0 aliphatic carbocycles. The Morgan fingerprint density at radius 1 is 1.30 bits per heavy atom. The highest BCUT2D eigenvalue weighted by Crippen LogP contribution is 2.22. The van der Waals surface area contributed by atoms with Gasteiger partial charge in [0.05, 0.1) is 4.90 Å².